The monoisotopic (exact) mass is 408 g/mol. The average Bonchev–Trinajstić information content (AvgIpc) is 3.15. The topological polar surface area (TPSA) is 149 Å². The highest BCUT2D eigenvalue weighted by molar-refractivity contribution is 6.66. The first kappa shape index (κ1) is 19.2. The van der Waals surface area contributed by atoms with Crippen LogP contribution in [0.1, 0.15) is 21.6 Å². The van der Waals surface area contributed by atoms with E-state index in [2.05, 4.69) is 0 Å². The molecule has 2 aromatic carbocycles. The molecule has 0 spiro atoms. The second-order valence-corrected chi connectivity index (χ2v) is 6.92. The van der Waals surface area contributed by atoms with Crippen molar-refractivity contribution in [3.63, 3.8) is 0 Å². The Hall–Kier alpha value is -4.14. The van der Waals surface area contributed by atoms with E-state index in [0.717, 1.165) is 0 Å². The van der Waals surface area contributed by atoms with Gasteiger partial charge in [-0.05, 0) is 36.8 Å². The molecule has 152 valence electrons. The van der Waals surface area contributed by atoms with E-state index in [0.29, 0.717) is 22.2 Å². The molecule has 1 aromatic heterocycles. The van der Waals surface area contributed by atoms with Crippen molar-refractivity contribution < 1.29 is 34.1 Å². The third-order valence-corrected chi connectivity index (χ3v) is 5.28. The zero-order chi connectivity index (χ0) is 21.8. The third kappa shape index (κ3) is 2.48. The van der Waals surface area contributed by atoms with Gasteiger partial charge < -0.3 is 25.3 Å². The molecule has 3 aromatic rings. The second kappa shape index (κ2) is 6.45. The van der Waals surface area contributed by atoms with Gasteiger partial charge in [0.25, 0.3) is 0 Å². The molecular weight excluding hydrogens is 392 g/mol. The van der Waals surface area contributed by atoms with Crippen LogP contribution in [0.15, 0.2) is 42.5 Å². The molecule has 1 heterocycles. The van der Waals surface area contributed by atoms with Gasteiger partial charge in [-0.3, -0.25) is 9.59 Å². The minimum absolute atomic E-state index is 0.0207. The predicted molar refractivity (Wildman–Crippen MR) is 105 cm³/mol. The average molecular weight is 408 g/mol. The Morgan fingerprint density at radius 3 is 2.23 bits per heavy atom. The maximum atomic E-state index is 12.6. The van der Waals surface area contributed by atoms with Gasteiger partial charge in [0, 0.05) is 5.69 Å². The lowest BCUT2D eigenvalue weighted by Gasteiger charge is -2.18. The van der Waals surface area contributed by atoms with Crippen molar-refractivity contribution in [2.24, 2.45) is 0 Å². The number of nitrogens with two attached hydrogens (primary N) is 1. The second-order valence-electron chi connectivity index (χ2n) is 6.92. The maximum Gasteiger partial charge on any atom is 0.341 e. The zero-order valence-corrected chi connectivity index (χ0v) is 15.7. The maximum absolute atomic E-state index is 12.6. The number of nitrogens with zero attached hydrogens (tertiary/aromatic N) is 1. The summed E-state index contributed by atoms with van der Waals surface area (Å²) < 4.78 is 6.84. The van der Waals surface area contributed by atoms with Crippen molar-refractivity contribution in [1.82, 2.24) is 4.57 Å². The summed E-state index contributed by atoms with van der Waals surface area (Å²) >= 11 is 0. The highest BCUT2D eigenvalue weighted by Crippen LogP contribution is 2.48. The number of nitrogen functional groups attached to an aromatic ring is 1. The van der Waals surface area contributed by atoms with Crippen LogP contribution in [0.2, 0.25) is 0 Å². The number of carbonyl (C=O) groups excluding carboxylic acids is 2. The van der Waals surface area contributed by atoms with Gasteiger partial charge in [0.2, 0.25) is 17.1 Å². The molecule has 9 nitrogen and oxygen atoms in total. The number of aliphatic carboxylic acids is 1. The van der Waals surface area contributed by atoms with Crippen molar-refractivity contribution in [2.45, 2.75) is 12.5 Å². The summed E-state index contributed by atoms with van der Waals surface area (Å²) in [4.78, 5) is 47.3. The Morgan fingerprint density at radius 1 is 1.07 bits per heavy atom. The van der Waals surface area contributed by atoms with E-state index < -0.39 is 35.7 Å². The number of benzene rings is 2. The van der Waals surface area contributed by atoms with Gasteiger partial charge in [0.1, 0.15) is 5.75 Å². The summed E-state index contributed by atoms with van der Waals surface area (Å²) in [7, 11) is 0. The van der Waals surface area contributed by atoms with E-state index in [1.165, 1.54) is 28.8 Å². The molecule has 4 N–H and O–H groups in total. The SMILES string of the molecule is Cc1c(N)c2c(OCC(=O)O)cccc2n1C1(c2ccc(C(=O)O)cc2)C(=O)C1=O. The van der Waals surface area contributed by atoms with Gasteiger partial charge >= 0.3 is 11.9 Å². The number of carbonyl (C=O) groups is 4. The molecule has 9 heteroatoms. The molecule has 30 heavy (non-hydrogen) atoms. The van der Waals surface area contributed by atoms with Crippen LogP contribution in [0.3, 0.4) is 0 Å². The number of rotatable bonds is 6. The first-order valence-electron chi connectivity index (χ1n) is 8.88. The van der Waals surface area contributed by atoms with Crippen molar-refractivity contribution in [2.75, 3.05) is 12.3 Å². The van der Waals surface area contributed by atoms with Crippen molar-refractivity contribution in [3.05, 3.63) is 59.3 Å². The largest absolute Gasteiger partial charge is 0.481 e. The highest BCUT2D eigenvalue weighted by Gasteiger charge is 2.69. The normalized spacial score (nSPS) is 14.7. The first-order chi connectivity index (χ1) is 14.2. The van der Waals surface area contributed by atoms with Crippen LogP contribution >= 0.6 is 0 Å². The summed E-state index contributed by atoms with van der Waals surface area (Å²) in [5.41, 5.74) is 6.05. The number of fused-ring (bicyclic) bond motifs is 1. The number of carboxylic acids is 2. The summed E-state index contributed by atoms with van der Waals surface area (Å²) in [6.45, 7) is 1.06. The number of ketones is 2. The number of ether oxygens (including phenoxy) is 1. The van der Waals surface area contributed by atoms with E-state index in [9.17, 15) is 19.2 Å². The summed E-state index contributed by atoms with van der Waals surface area (Å²) in [6, 6.07) is 10.3. The molecule has 1 fully saturated rings. The highest BCUT2D eigenvalue weighted by atomic mass is 16.5. The van der Waals surface area contributed by atoms with Crippen LogP contribution in [-0.4, -0.2) is 44.9 Å². The third-order valence-electron chi connectivity index (χ3n) is 5.28. The lowest BCUT2D eigenvalue weighted by atomic mass is 10.0. The molecule has 0 saturated heterocycles. The summed E-state index contributed by atoms with van der Waals surface area (Å²) in [5.74, 6) is -3.38. The fourth-order valence-corrected chi connectivity index (χ4v) is 3.83. The number of aromatic carboxylic acids is 1. The van der Waals surface area contributed by atoms with Crippen LogP contribution in [-0.2, 0) is 19.9 Å². The zero-order valence-electron chi connectivity index (χ0n) is 15.7. The van der Waals surface area contributed by atoms with E-state index >= 15 is 0 Å². The molecule has 0 radical (unpaired) electrons. The quantitative estimate of drug-likeness (QED) is 0.411. The summed E-state index contributed by atoms with van der Waals surface area (Å²) in [6.07, 6.45) is 0. The van der Waals surface area contributed by atoms with Gasteiger partial charge in [-0.15, -0.1) is 0 Å². The van der Waals surface area contributed by atoms with Gasteiger partial charge in [0.05, 0.1) is 22.2 Å². The Morgan fingerprint density at radius 2 is 1.70 bits per heavy atom. The fourth-order valence-electron chi connectivity index (χ4n) is 3.83. The smallest absolute Gasteiger partial charge is 0.341 e. The van der Waals surface area contributed by atoms with E-state index in [1.807, 2.05) is 0 Å². The molecule has 0 bridgehead atoms. The first-order valence-corrected chi connectivity index (χ1v) is 8.88. The lowest BCUT2D eigenvalue weighted by molar-refractivity contribution is -0.139. The van der Waals surface area contributed by atoms with Crippen LogP contribution < -0.4 is 10.5 Å². The Labute approximate surface area is 169 Å². The van der Waals surface area contributed by atoms with Crippen LogP contribution in [0, 0.1) is 6.92 Å². The minimum atomic E-state index is -1.65. The van der Waals surface area contributed by atoms with E-state index in [1.54, 1.807) is 25.1 Å². The van der Waals surface area contributed by atoms with Gasteiger partial charge in [-0.1, -0.05) is 18.2 Å². The fraction of sp³-hybridized carbons (Fsp3) is 0.143. The Bertz CT molecular complexity index is 1240. The number of carboxylic acid groups (broad SMARTS) is 2. The molecular formula is C21H16N2O7. The Balaban J connectivity index is 1.95. The van der Waals surface area contributed by atoms with Crippen molar-refractivity contribution in [1.29, 1.82) is 0 Å². The number of anilines is 1. The minimum Gasteiger partial charge on any atom is -0.481 e. The standard InChI is InChI=1S/C21H16N2O7/c1-10-17(22)16-13(3-2-4-14(16)30-9-15(24)25)23(10)21(18(26)19(21)27)12-7-5-11(6-8-12)20(28)29/h2-8H,9,22H2,1H3,(H,24,25)(H,28,29). The Kier molecular flexibility index (Phi) is 4.12. The van der Waals surface area contributed by atoms with Crippen LogP contribution in [0.4, 0.5) is 5.69 Å². The van der Waals surface area contributed by atoms with Gasteiger partial charge in [0.15, 0.2) is 6.61 Å². The molecule has 0 atom stereocenters. The van der Waals surface area contributed by atoms with Gasteiger partial charge in [-0.25, -0.2) is 9.59 Å². The number of Topliss-reactive ketones (excluding diaryl/α,β-unsaturated/α-hetero) is 2. The molecule has 1 saturated carbocycles. The number of hydrogen-bond acceptors (Lipinski definition) is 6. The van der Waals surface area contributed by atoms with Gasteiger partial charge in [-0.2, -0.15) is 0 Å². The molecule has 1 aliphatic rings. The predicted octanol–water partition coefficient (Wildman–Crippen LogP) is 1.59. The molecule has 4 rings (SSSR count). The molecule has 0 unspecified atom stereocenters. The summed E-state index contributed by atoms with van der Waals surface area (Å²) in [5, 5.41) is 18.4. The van der Waals surface area contributed by atoms with Crippen LogP contribution in [0.5, 0.6) is 5.75 Å². The lowest BCUT2D eigenvalue weighted by Crippen LogP contribution is -2.25. The van der Waals surface area contributed by atoms with Crippen molar-refractivity contribution in [3.8, 4) is 5.75 Å². The number of aromatic nitrogens is 1. The van der Waals surface area contributed by atoms with E-state index in [-0.39, 0.29) is 17.0 Å². The van der Waals surface area contributed by atoms with Crippen molar-refractivity contribution >= 4 is 40.1 Å². The number of hydrogen-bond donors (Lipinski definition) is 3. The van der Waals surface area contributed by atoms with Crippen LogP contribution in [0.25, 0.3) is 10.9 Å². The molecule has 0 aliphatic heterocycles. The van der Waals surface area contributed by atoms with E-state index in [4.69, 9.17) is 20.7 Å². The molecule has 1 aliphatic carbocycles. The molecule has 0 amide bonds.